The van der Waals surface area contributed by atoms with Crippen molar-refractivity contribution in [2.45, 2.75) is 20.0 Å². The Morgan fingerprint density at radius 2 is 1.84 bits per heavy atom. The van der Waals surface area contributed by atoms with Crippen LogP contribution in [0.5, 0.6) is 5.75 Å². The van der Waals surface area contributed by atoms with Gasteiger partial charge in [-0.2, -0.15) is 0 Å². The lowest BCUT2D eigenvalue weighted by Gasteiger charge is -2.29. The molecule has 1 aliphatic heterocycles. The number of hydrogen-bond acceptors (Lipinski definition) is 3. The molecule has 0 saturated carbocycles. The second-order valence-electron chi connectivity index (χ2n) is 4.65. The van der Waals surface area contributed by atoms with E-state index in [0.29, 0.717) is 0 Å². The van der Waals surface area contributed by atoms with Crippen molar-refractivity contribution in [1.29, 1.82) is 0 Å². The molecule has 1 fully saturated rings. The molecule has 0 bridgehead atoms. The highest BCUT2D eigenvalue weighted by Crippen LogP contribution is 2.14. The highest BCUT2D eigenvalue weighted by atomic mass is 35.5. The molecule has 0 aromatic heterocycles. The van der Waals surface area contributed by atoms with Crippen LogP contribution in [-0.2, 0) is 4.79 Å². The molecule has 1 unspecified atom stereocenters. The van der Waals surface area contributed by atoms with Crippen molar-refractivity contribution in [3.63, 3.8) is 0 Å². The fourth-order valence-electron chi connectivity index (χ4n) is 2.01. The molecule has 1 heterocycles. The van der Waals surface area contributed by atoms with Crippen molar-refractivity contribution in [1.82, 2.24) is 10.2 Å². The SMILES string of the molecule is Cc1ccc(OC(C)C(=O)N2CCNCC2)cc1.Cl. The van der Waals surface area contributed by atoms with Gasteiger partial charge in [-0.15, -0.1) is 12.4 Å². The molecule has 0 radical (unpaired) electrons. The van der Waals surface area contributed by atoms with E-state index in [9.17, 15) is 4.79 Å². The fourth-order valence-corrected chi connectivity index (χ4v) is 2.01. The first-order valence-electron chi connectivity index (χ1n) is 6.39. The van der Waals surface area contributed by atoms with E-state index in [2.05, 4.69) is 5.32 Å². The van der Waals surface area contributed by atoms with Gasteiger partial charge >= 0.3 is 0 Å². The summed E-state index contributed by atoms with van der Waals surface area (Å²) in [6, 6.07) is 7.77. The van der Waals surface area contributed by atoms with Gasteiger partial charge in [0.2, 0.25) is 0 Å². The van der Waals surface area contributed by atoms with E-state index in [-0.39, 0.29) is 18.3 Å². The largest absolute Gasteiger partial charge is 0.481 e. The summed E-state index contributed by atoms with van der Waals surface area (Å²) in [6.07, 6.45) is -0.425. The number of carbonyl (C=O) groups is 1. The Balaban J connectivity index is 0.00000180. The first kappa shape index (κ1) is 15.8. The third-order valence-electron chi connectivity index (χ3n) is 3.11. The van der Waals surface area contributed by atoms with Crippen molar-refractivity contribution in [3.05, 3.63) is 29.8 Å². The van der Waals surface area contributed by atoms with Gasteiger partial charge in [0.1, 0.15) is 5.75 Å². The van der Waals surface area contributed by atoms with E-state index >= 15 is 0 Å². The summed E-state index contributed by atoms with van der Waals surface area (Å²) in [5, 5.41) is 3.23. The number of aryl methyl sites for hydroxylation is 1. The second-order valence-corrected chi connectivity index (χ2v) is 4.65. The van der Waals surface area contributed by atoms with Gasteiger partial charge < -0.3 is 15.0 Å². The van der Waals surface area contributed by atoms with Crippen LogP contribution in [0, 0.1) is 6.92 Å². The van der Waals surface area contributed by atoms with Crippen LogP contribution in [0.2, 0.25) is 0 Å². The molecular formula is C14H21ClN2O2. The number of ether oxygens (including phenoxy) is 1. The van der Waals surface area contributed by atoms with Gasteiger partial charge in [-0.05, 0) is 26.0 Å². The molecule has 1 aromatic carbocycles. The summed E-state index contributed by atoms with van der Waals surface area (Å²) in [4.78, 5) is 14.0. The average Bonchev–Trinajstić information content (AvgIpc) is 2.41. The lowest BCUT2D eigenvalue weighted by atomic mass is 10.2. The molecular weight excluding hydrogens is 264 g/mol. The quantitative estimate of drug-likeness (QED) is 0.917. The van der Waals surface area contributed by atoms with E-state index in [1.54, 1.807) is 0 Å². The van der Waals surface area contributed by atoms with Crippen molar-refractivity contribution in [2.24, 2.45) is 0 Å². The van der Waals surface area contributed by atoms with Crippen molar-refractivity contribution < 1.29 is 9.53 Å². The number of carbonyl (C=O) groups excluding carboxylic acids is 1. The minimum absolute atomic E-state index is 0. The third kappa shape index (κ3) is 4.40. The number of rotatable bonds is 3. The van der Waals surface area contributed by atoms with Gasteiger partial charge in [-0.1, -0.05) is 17.7 Å². The van der Waals surface area contributed by atoms with E-state index in [4.69, 9.17) is 4.74 Å². The first-order valence-corrected chi connectivity index (χ1v) is 6.39. The monoisotopic (exact) mass is 284 g/mol. The van der Waals surface area contributed by atoms with Gasteiger partial charge in [0.15, 0.2) is 6.10 Å². The molecule has 19 heavy (non-hydrogen) atoms. The van der Waals surface area contributed by atoms with Crippen LogP contribution in [0.25, 0.3) is 0 Å². The number of nitrogens with zero attached hydrogens (tertiary/aromatic N) is 1. The van der Waals surface area contributed by atoms with E-state index in [1.165, 1.54) is 5.56 Å². The lowest BCUT2D eigenvalue weighted by molar-refractivity contribution is -0.138. The molecule has 1 N–H and O–H groups in total. The van der Waals surface area contributed by atoms with Crippen LogP contribution < -0.4 is 10.1 Å². The topological polar surface area (TPSA) is 41.6 Å². The Morgan fingerprint density at radius 3 is 2.42 bits per heavy atom. The number of halogens is 1. The maximum absolute atomic E-state index is 12.1. The number of hydrogen-bond donors (Lipinski definition) is 1. The minimum atomic E-state index is -0.425. The van der Waals surface area contributed by atoms with Crippen LogP contribution in [0.3, 0.4) is 0 Å². The molecule has 0 spiro atoms. The molecule has 1 aliphatic rings. The minimum Gasteiger partial charge on any atom is -0.481 e. The van der Waals surface area contributed by atoms with Crippen molar-refractivity contribution in [3.8, 4) is 5.75 Å². The standard InChI is InChI=1S/C14H20N2O2.ClH/c1-11-3-5-13(6-4-11)18-12(2)14(17)16-9-7-15-8-10-16;/h3-6,12,15H,7-10H2,1-2H3;1H. The zero-order valence-corrected chi connectivity index (χ0v) is 12.2. The molecule has 1 atom stereocenters. The summed E-state index contributed by atoms with van der Waals surface area (Å²) >= 11 is 0. The van der Waals surface area contributed by atoms with Gasteiger partial charge in [0, 0.05) is 26.2 Å². The molecule has 2 rings (SSSR count). The zero-order valence-electron chi connectivity index (χ0n) is 11.4. The van der Waals surface area contributed by atoms with Gasteiger partial charge in [0.05, 0.1) is 0 Å². The van der Waals surface area contributed by atoms with E-state index in [0.717, 1.165) is 31.9 Å². The Morgan fingerprint density at radius 1 is 1.26 bits per heavy atom. The van der Waals surface area contributed by atoms with Crippen LogP contribution in [0.15, 0.2) is 24.3 Å². The molecule has 106 valence electrons. The van der Waals surface area contributed by atoms with Gasteiger partial charge in [0.25, 0.3) is 5.91 Å². The molecule has 1 aromatic rings. The zero-order chi connectivity index (χ0) is 13.0. The highest BCUT2D eigenvalue weighted by molar-refractivity contribution is 5.85. The third-order valence-corrected chi connectivity index (χ3v) is 3.11. The van der Waals surface area contributed by atoms with Crippen molar-refractivity contribution in [2.75, 3.05) is 26.2 Å². The summed E-state index contributed by atoms with van der Waals surface area (Å²) in [5.41, 5.74) is 1.18. The maximum atomic E-state index is 12.1. The van der Waals surface area contributed by atoms with Crippen molar-refractivity contribution >= 4 is 18.3 Å². The first-order chi connectivity index (χ1) is 8.66. The summed E-state index contributed by atoms with van der Waals surface area (Å²) in [5.74, 6) is 0.814. The highest BCUT2D eigenvalue weighted by Gasteiger charge is 2.23. The molecule has 1 saturated heterocycles. The smallest absolute Gasteiger partial charge is 0.263 e. The maximum Gasteiger partial charge on any atom is 0.263 e. The predicted octanol–water partition coefficient (Wildman–Crippen LogP) is 1.62. The predicted molar refractivity (Wildman–Crippen MR) is 78.0 cm³/mol. The van der Waals surface area contributed by atoms with Crippen LogP contribution in [-0.4, -0.2) is 43.1 Å². The molecule has 5 heteroatoms. The molecule has 1 amide bonds. The average molecular weight is 285 g/mol. The lowest BCUT2D eigenvalue weighted by Crippen LogP contribution is -2.50. The fraction of sp³-hybridized carbons (Fsp3) is 0.500. The van der Waals surface area contributed by atoms with Crippen LogP contribution in [0.4, 0.5) is 0 Å². The summed E-state index contributed by atoms with van der Waals surface area (Å²) in [6.45, 7) is 7.09. The Hall–Kier alpha value is -1.26. The Bertz CT molecular complexity index is 402. The van der Waals surface area contributed by atoms with Gasteiger partial charge in [-0.25, -0.2) is 0 Å². The normalized spacial score (nSPS) is 16.4. The number of piperazine rings is 1. The number of nitrogens with one attached hydrogen (secondary N) is 1. The second kappa shape index (κ2) is 7.36. The molecule has 4 nitrogen and oxygen atoms in total. The van der Waals surface area contributed by atoms with Crippen LogP contribution in [0.1, 0.15) is 12.5 Å². The Labute approximate surface area is 120 Å². The number of benzene rings is 1. The van der Waals surface area contributed by atoms with E-state index in [1.807, 2.05) is 43.0 Å². The number of amides is 1. The van der Waals surface area contributed by atoms with Gasteiger partial charge in [-0.3, -0.25) is 4.79 Å². The van der Waals surface area contributed by atoms with E-state index < -0.39 is 6.10 Å². The Kier molecular flexibility index (Phi) is 6.12. The van der Waals surface area contributed by atoms with Crippen LogP contribution >= 0.6 is 12.4 Å². The molecule has 0 aliphatic carbocycles. The summed E-state index contributed by atoms with van der Waals surface area (Å²) in [7, 11) is 0. The summed E-state index contributed by atoms with van der Waals surface area (Å²) < 4.78 is 5.67.